The van der Waals surface area contributed by atoms with Crippen LogP contribution in [-0.4, -0.2) is 17.7 Å². The average Bonchev–Trinajstić information content (AvgIpc) is 3.28. The first-order valence-electron chi connectivity index (χ1n) is 14.9. The first-order chi connectivity index (χ1) is 20.2. The van der Waals surface area contributed by atoms with Crippen LogP contribution >= 0.6 is 0 Å². The van der Waals surface area contributed by atoms with Crippen molar-refractivity contribution < 1.29 is 4.42 Å². The number of furan rings is 1. The van der Waals surface area contributed by atoms with E-state index in [-0.39, 0.29) is 6.04 Å². The van der Waals surface area contributed by atoms with E-state index in [1.54, 1.807) is 0 Å². The number of hydrogen-bond acceptors (Lipinski definition) is 4. The third-order valence-electron chi connectivity index (χ3n) is 8.47. The quantitative estimate of drug-likeness (QED) is 0.319. The molecule has 1 unspecified atom stereocenters. The molecule has 0 amide bonds. The van der Waals surface area contributed by atoms with Gasteiger partial charge in [-0.2, -0.15) is 0 Å². The number of benzene rings is 2. The SMILES string of the molecule is CC=Cc1oc2c(c1CC)=CCCC=2c1ccc2c(c1)C=Cc1ccccc1N2C1=NC2C=CCC=C2C(CC)=N1. The molecule has 4 aliphatic rings. The predicted octanol–water partition coefficient (Wildman–Crippen LogP) is 7.75. The Morgan fingerprint density at radius 3 is 2.71 bits per heavy atom. The first-order valence-corrected chi connectivity index (χ1v) is 14.9. The molecular weight excluding hydrogens is 502 g/mol. The smallest absolute Gasteiger partial charge is 0.231 e. The van der Waals surface area contributed by atoms with Crippen LogP contribution in [0.5, 0.6) is 0 Å². The lowest BCUT2D eigenvalue weighted by Gasteiger charge is -2.31. The molecule has 3 heterocycles. The van der Waals surface area contributed by atoms with Gasteiger partial charge in [0.15, 0.2) is 0 Å². The molecule has 1 aromatic heterocycles. The van der Waals surface area contributed by atoms with Crippen molar-refractivity contribution in [2.24, 2.45) is 9.98 Å². The summed E-state index contributed by atoms with van der Waals surface area (Å²) in [5.74, 6) is 1.73. The second kappa shape index (κ2) is 10.5. The zero-order valence-corrected chi connectivity index (χ0v) is 24.0. The van der Waals surface area contributed by atoms with Gasteiger partial charge in [-0.25, -0.2) is 9.98 Å². The summed E-state index contributed by atoms with van der Waals surface area (Å²) in [6.45, 7) is 6.44. The van der Waals surface area contributed by atoms with Gasteiger partial charge in [0.1, 0.15) is 11.2 Å². The summed E-state index contributed by atoms with van der Waals surface area (Å²) in [6.07, 6.45) is 22.4. The first kappa shape index (κ1) is 25.5. The number of aliphatic imine (C=N–C) groups is 2. The highest BCUT2D eigenvalue weighted by molar-refractivity contribution is 6.17. The fourth-order valence-corrected chi connectivity index (χ4v) is 6.53. The van der Waals surface area contributed by atoms with Crippen LogP contribution in [-0.2, 0) is 6.42 Å². The second-order valence-corrected chi connectivity index (χ2v) is 10.9. The molecule has 204 valence electrons. The Labute approximate surface area is 241 Å². The summed E-state index contributed by atoms with van der Waals surface area (Å²) < 4.78 is 6.51. The van der Waals surface area contributed by atoms with Crippen molar-refractivity contribution >= 4 is 52.9 Å². The van der Waals surface area contributed by atoms with E-state index in [0.717, 1.165) is 77.5 Å². The van der Waals surface area contributed by atoms with E-state index >= 15 is 0 Å². The van der Waals surface area contributed by atoms with Crippen LogP contribution < -0.4 is 15.5 Å². The molecule has 2 aliphatic carbocycles. The molecule has 7 rings (SSSR count). The number of nitrogens with zero attached hydrogens (tertiary/aromatic N) is 3. The van der Waals surface area contributed by atoms with Crippen LogP contribution in [0.25, 0.3) is 29.9 Å². The van der Waals surface area contributed by atoms with Crippen molar-refractivity contribution in [3.8, 4) is 0 Å². The van der Waals surface area contributed by atoms with Gasteiger partial charge in [-0.05, 0) is 85.6 Å². The third kappa shape index (κ3) is 4.30. The Balaban J connectivity index is 1.41. The van der Waals surface area contributed by atoms with Gasteiger partial charge in [-0.1, -0.05) is 80.6 Å². The third-order valence-corrected chi connectivity index (χ3v) is 8.47. The van der Waals surface area contributed by atoms with Gasteiger partial charge >= 0.3 is 0 Å². The van der Waals surface area contributed by atoms with Gasteiger partial charge in [-0.15, -0.1) is 0 Å². The van der Waals surface area contributed by atoms with Gasteiger partial charge in [-0.3, -0.25) is 4.90 Å². The number of allylic oxidation sites excluding steroid dienone is 3. The van der Waals surface area contributed by atoms with E-state index in [4.69, 9.17) is 14.4 Å². The van der Waals surface area contributed by atoms with Crippen molar-refractivity contribution in [1.82, 2.24) is 0 Å². The molecular formula is C37H35N3O. The Bertz CT molecular complexity index is 1860. The lowest BCUT2D eigenvalue weighted by atomic mass is 9.93. The maximum Gasteiger partial charge on any atom is 0.231 e. The Kier molecular flexibility index (Phi) is 6.54. The number of para-hydroxylation sites is 1. The van der Waals surface area contributed by atoms with Crippen LogP contribution in [0.2, 0.25) is 0 Å². The molecule has 0 spiro atoms. The maximum atomic E-state index is 6.51. The highest BCUT2D eigenvalue weighted by Gasteiger charge is 2.29. The summed E-state index contributed by atoms with van der Waals surface area (Å²) >= 11 is 0. The van der Waals surface area contributed by atoms with E-state index in [9.17, 15) is 0 Å². The Morgan fingerprint density at radius 2 is 1.85 bits per heavy atom. The number of anilines is 2. The van der Waals surface area contributed by atoms with Crippen LogP contribution in [0.15, 0.2) is 86.7 Å². The molecule has 41 heavy (non-hydrogen) atoms. The number of fused-ring (bicyclic) bond motifs is 4. The van der Waals surface area contributed by atoms with E-state index in [0.29, 0.717) is 0 Å². The molecule has 2 aromatic carbocycles. The molecule has 3 aromatic rings. The summed E-state index contributed by atoms with van der Waals surface area (Å²) in [4.78, 5) is 12.6. The van der Waals surface area contributed by atoms with Crippen molar-refractivity contribution in [2.45, 2.75) is 58.9 Å². The minimum absolute atomic E-state index is 0.0165. The average molecular weight is 538 g/mol. The Morgan fingerprint density at radius 1 is 1.00 bits per heavy atom. The topological polar surface area (TPSA) is 41.1 Å². The Hall–Kier alpha value is -4.44. The minimum Gasteiger partial charge on any atom is -0.456 e. The van der Waals surface area contributed by atoms with E-state index in [1.807, 2.05) is 6.92 Å². The monoisotopic (exact) mass is 537 g/mol. The van der Waals surface area contributed by atoms with Crippen LogP contribution in [0, 0.1) is 0 Å². The number of rotatable bonds is 4. The molecule has 0 N–H and O–H groups in total. The zero-order chi connectivity index (χ0) is 27.9. The molecule has 4 heteroatoms. The fraction of sp³-hybridized carbons (Fsp3) is 0.243. The molecule has 0 radical (unpaired) electrons. The highest BCUT2D eigenvalue weighted by atomic mass is 16.3. The molecule has 4 nitrogen and oxygen atoms in total. The van der Waals surface area contributed by atoms with Gasteiger partial charge in [0.2, 0.25) is 5.96 Å². The second-order valence-electron chi connectivity index (χ2n) is 10.9. The van der Waals surface area contributed by atoms with Crippen LogP contribution in [0.3, 0.4) is 0 Å². The lowest BCUT2D eigenvalue weighted by Crippen LogP contribution is -2.33. The summed E-state index contributed by atoms with van der Waals surface area (Å²) in [5.41, 5.74) is 11.7. The van der Waals surface area contributed by atoms with Crippen LogP contribution in [0.4, 0.5) is 11.4 Å². The highest BCUT2D eigenvalue weighted by Crippen LogP contribution is 2.39. The van der Waals surface area contributed by atoms with Crippen molar-refractivity contribution in [3.63, 3.8) is 0 Å². The summed E-state index contributed by atoms with van der Waals surface area (Å²) in [6, 6.07) is 15.4. The number of guanidine groups is 1. The molecule has 0 bridgehead atoms. The normalized spacial score (nSPS) is 19.0. The van der Waals surface area contributed by atoms with Crippen LogP contribution in [0.1, 0.15) is 74.5 Å². The van der Waals surface area contributed by atoms with E-state index in [2.05, 4.69) is 110 Å². The zero-order valence-electron chi connectivity index (χ0n) is 24.0. The summed E-state index contributed by atoms with van der Waals surface area (Å²) in [7, 11) is 0. The standard InChI is InChI=1S/C37H35N3O/c1-4-12-35-27(5-2)29-16-11-15-28(36(29)41-35)25-21-22-34-26(23-25)20-19-24-13-7-10-18-33(24)40(34)37-38-31(6-3)30-14-8-9-17-32(30)39-37/h4,7,9-10,12-14,16-23,32H,5-6,8,11,15H2,1-3H3. The summed E-state index contributed by atoms with van der Waals surface area (Å²) in [5, 5.41) is 1.27. The van der Waals surface area contributed by atoms with E-state index < -0.39 is 0 Å². The van der Waals surface area contributed by atoms with Gasteiger partial charge in [0, 0.05) is 22.1 Å². The molecule has 2 aliphatic heterocycles. The lowest BCUT2D eigenvalue weighted by molar-refractivity contribution is 0.514. The molecule has 1 atom stereocenters. The van der Waals surface area contributed by atoms with Gasteiger partial charge in [0.05, 0.1) is 17.4 Å². The number of hydrogen-bond donors (Lipinski definition) is 0. The fourth-order valence-electron chi connectivity index (χ4n) is 6.53. The molecule has 0 saturated carbocycles. The molecule has 0 fully saturated rings. The predicted molar refractivity (Wildman–Crippen MR) is 173 cm³/mol. The minimum atomic E-state index is 0.0165. The van der Waals surface area contributed by atoms with Crippen molar-refractivity contribution in [1.29, 1.82) is 0 Å². The van der Waals surface area contributed by atoms with Crippen molar-refractivity contribution in [2.75, 3.05) is 4.90 Å². The van der Waals surface area contributed by atoms with Gasteiger partial charge in [0.25, 0.3) is 0 Å². The van der Waals surface area contributed by atoms with E-state index in [1.165, 1.54) is 27.5 Å². The largest absolute Gasteiger partial charge is 0.456 e. The van der Waals surface area contributed by atoms with Crippen molar-refractivity contribution in [3.05, 3.63) is 111 Å². The molecule has 0 saturated heterocycles. The van der Waals surface area contributed by atoms with Gasteiger partial charge < -0.3 is 4.42 Å². The maximum absolute atomic E-state index is 6.51.